The molecule has 1 aromatic carbocycles. The summed E-state index contributed by atoms with van der Waals surface area (Å²) in [5.74, 6) is 0.253. The Hall–Kier alpha value is -1.87. The van der Waals surface area contributed by atoms with Gasteiger partial charge in [-0.05, 0) is 47.7 Å². The van der Waals surface area contributed by atoms with Crippen molar-refractivity contribution in [3.63, 3.8) is 0 Å². The lowest BCUT2D eigenvalue weighted by atomic mass is 9.94. The van der Waals surface area contributed by atoms with Gasteiger partial charge in [0.05, 0.1) is 10.7 Å². The van der Waals surface area contributed by atoms with Crippen LogP contribution in [0.4, 0.5) is 5.69 Å². The van der Waals surface area contributed by atoms with Gasteiger partial charge in [0.25, 0.3) is 0 Å². The summed E-state index contributed by atoms with van der Waals surface area (Å²) in [5.41, 5.74) is 5.72. The number of rotatable bonds is 1. The summed E-state index contributed by atoms with van der Waals surface area (Å²) in [6.45, 7) is 0.811. The molecule has 0 saturated carbocycles. The van der Waals surface area contributed by atoms with E-state index in [1.165, 1.54) is 11.1 Å². The van der Waals surface area contributed by atoms with Crippen molar-refractivity contribution in [1.82, 2.24) is 4.98 Å². The first-order valence-electron chi connectivity index (χ1n) is 6.80. The Morgan fingerprint density at radius 1 is 1.15 bits per heavy atom. The van der Waals surface area contributed by atoms with E-state index in [2.05, 4.69) is 17.1 Å². The van der Waals surface area contributed by atoms with Crippen molar-refractivity contribution in [3.05, 3.63) is 46.7 Å². The zero-order chi connectivity index (χ0) is 13.7. The summed E-state index contributed by atoms with van der Waals surface area (Å²) >= 11 is 6.27. The number of hydrogen-bond donors (Lipinski definition) is 0. The molecule has 0 N–H and O–H groups in total. The number of benzene rings is 1. The van der Waals surface area contributed by atoms with Gasteiger partial charge in [0.1, 0.15) is 0 Å². The van der Waals surface area contributed by atoms with Crippen molar-refractivity contribution >= 4 is 23.2 Å². The van der Waals surface area contributed by atoms with E-state index >= 15 is 0 Å². The number of nitrogens with zero attached hydrogens (tertiary/aromatic N) is 2. The van der Waals surface area contributed by atoms with Gasteiger partial charge in [-0.3, -0.25) is 9.78 Å². The van der Waals surface area contributed by atoms with Gasteiger partial charge < -0.3 is 4.90 Å². The summed E-state index contributed by atoms with van der Waals surface area (Å²) < 4.78 is 0. The molecule has 0 spiro atoms. The molecule has 3 nitrogen and oxygen atoms in total. The predicted octanol–water partition coefficient (Wildman–Crippen LogP) is 3.24. The van der Waals surface area contributed by atoms with Gasteiger partial charge >= 0.3 is 0 Å². The van der Waals surface area contributed by atoms with E-state index in [9.17, 15) is 4.79 Å². The minimum absolute atomic E-state index is 0.253. The molecule has 0 fully saturated rings. The van der Waals surface area contributed by atoms with Crippen LogP contribution in [0.15, 0.2) is 30.6 Å². The van der Waals surface area contributed by atoms with Gasteiger partial charge in [-0.25, -0.2) is 0 Å². The van der Waals surface area contributed by atoms with Gasteiger partial charge in [0.2, 0.25) is 5.91 Å². The molecule has 4 rings (SSSR count). The maximum absolute atomic E-state index is 11.9. The van der Waals surface area contributed by atoms with Crippen molar-refractivity contribution < 1.29 is 4.79 Å². The summed E-state index contributed by atoms with van der Waals surface area (Å²) in [5, 5.41) is 0.717. The van der Waals surface area contributed by atoms with Crippen LogP contribution in [0.3, 0.4) is 0 Å². The average molecular weight is 285 g/mol. The molecule has 1 amide bonds. The van der Waals surface area contributed by atoms with Gasteiger partial charge in [0.15, 0.2) is 0 Å². The second kappa shape index (κ2) is 4.32. The lowest BCUT2D eigenvalue weighted by Gasteiger charge is -2.25. The molecule has 100 valence electrons. The molecule has 4 heteroatoms. The normalized spacial score (nSPS) is 16.4. The number of carbonyl (C=O) groups excluding carboxylic acids is 1. The number of pyridine rings is 1. The van der Waals surface area contributed by atoms with E-state index in [4.69, 9.17) is 11.6 Å². The van der Waals surface area contributed by atoms with E-state index in [0.717, 1.165) is 36.2 Å². The van der Waals surface area contributed by atoms with E-state index in [-0.39, 0.29) is 5.91 Å². The molecule has 3 heterocycles. The number of carbonyl (C=O) groups is 1. The third-order valence-corrected chi connectivity index (χ3v) is 4.46. The molecular weight excluding hydrogens is 272 g/mol. The Morgan fingerprint density at radius 3 is 2.75 bits per heavy atom. The van der Waals surface area contributed by atoms with Crippen LogP contribution in [0.5, 0.6) is 0 Å². The predicted molar refractivity (Wildman–Crippen MR) is 79.1 cm³/mol. The molecule has 0 saturated heterocycles. The van der Waals surface area contributed by atoms with Crippen molar-refractivity contribution in [2.45, 2.75) is 19.3 Å². The second-order valence-electron chi connectivity index (χ2n) is 5.29. The maximum Gasteiger partial charge on any atom is 0.227 e. The first kappa shape index (κ1) is 11.9. The highest BCUT2D eigenvalue weighted by molar-refractivity contribution is 6.33. The van der Waals surface area contributed by atoms with Crippen molar-refractivity contribution in [2.75, 3.05) is 11.4 Å². The molecule has 0 unspecified atom stereocenters. The van der Waals surface area contributed by atoms with E-state index in [1.807, 2.05) is 11.0 Å². The van der Waals surface area contributed by atoms with Crippen LogP contribution in [0.2, 0.25) is 5.02 Å². The largest absolute Gasteiger partial charge is 0.312 e. The number of anilines is 1. The zero-order valence-electron chi connectivity index (χ0n) is 10.9. The SMILES string of the molecule is O=C1CCc2cc(-c3cnccc3Cl)cc3c2N1CC3. The maximum atomic E-state index is 11.9. The number of aromatic nitrogens is 1. The Bertz CT molecular complexity index is 726. The van der Waals surface area contributed by atoms with Gasteiger partial charge in [-0.2, -0.15) is 0 Å². The molecular formula is C16H13ClN2O. The van der Waals surface area contributed by atoms with Crippen LogP contribution in [-0.4, -0.2) is 17.4 Å². The smallest absolute Gasteiger partial charge is 0.227 e. The highest BCUT2D eigenvalue weighted by Crippen LogP contribution is 2.40. The standard InChI is InChI=1S/C16H13ClN2O/c17-14-3-5-18-9-13(14)12-7-10-1-2-15(20)19-6-4-11(8-12)16(10)19/h3,5,7-9H,1-2,4,6H2. The van der Waals surface area contributed by atoms with Crippen LogP contribution in [0.1, 0.15) is 17.5 Å². The Kier molecular flexibility index (Phi) is 2.57. The van der Waals surface area contributed by atoms with E-state index < -0.39 is 0 Å². The van der Waals surface area contributed by atoms with Crippen LogP contribution in [-0.2, 0) is 17.6 Å². The third kappa shape index (κ3) is 1.66. The van der Waals surface area contributed by atoms with Crippen LogP contribution in [0, 0.1) is 0 Å². The molecule has 0 aliphatic carbocycles. The van der Waals surface area contributed by atoms with Gasteiger partial charge in [-0.15, -0.1) is 0 Å². The van der Waals surface area contributed by atoms with Crippen molar-refractivity contribution in [2.24, 2.45) is 0 Å². The van der Waals surface area contributed by atoms with Crippen molar-refractivity contribution in [3.8, 4) is 11.1 Å². The average Bonchev–Trinajstić information content (AvgIpc) is 2.89. The highest BCUT2D eigenvalue weighted by Gasteiger charge is 2.31. The molecule has 0 bridgehead atoms. The fourth-order valence-corrected chi connectivity index (χ4v) is 3.42. The van der Waals surface area contributed by atoms with E-state index in [0.29, 0.717) is 11.4 Å². The first-order valence-corrected chi connectivity index (χ1v) is 7.18. The third-order valence-electron chi connectivity index (χ3n) is 4.13. The Morgan fingerprint density at radius 2 is 1.95 bits per heavy atom. The lowest BCUT2D eigenvalue weighted by Crippen LogP contribution is -2.32. The minimum Gasteiger partial charge on any atom is -0.312 e. The molecule has 2 aliphatic rings. The quantitative estimate of drug-likeness (QED) is 0.805. The molecule has 0 radical (unpaired) electrons. The highest BCUT2D eigenvalue weighted by atomic mass is 35.5. The van der Waals surface area contributed by atoms with E-state index in [1.54, 1.807) is 12.4 Å². The number of amides is 1. The summed E-state index contributed by atoms with van der Waals surface area (Å²) in [6, 6.07) is 6.12. The number of halogens is 1. The van der Waals surface area contributed by atoms with Crippen molar-refractivity contribution in [1.29, 1.82) is 0 Å². The van der Waals surface area contributed by atoms with Gasteiger partial charge in [0, 0.05) is 30.9 Å². The number of aryl methyl sites for hydroxylation is 1. The zero-order valence-corrected chi connectivity index (χ0v) is 11.7. The fraction of sp³-hybridized carbons (Fsp3) is 0.250. The summed E-state index contributed by atoms with van der Waals surface area (Å²) in [6.07, 6.45) is 5.86. The fourth-order valence-electron chi connectivity index (χ4n) is 3.20. The van der Waals surface area contributed by atoms with Crippen LogP contribution < -0.4 is 4.90 Å². The summed E-state index contributed by atoms with van der Waals surface area (Å²) in [4.78, 5) is 18.0. The van der Waals surface area contributed by atoms with Crippen LogP contribution in [0.25, 0.3) is 11.1 Å². The second-order valence-corrected chi connectivity index (χ2v) is 5.70. The Balaban J connectivity index is 1.90. The Labute approximate surface area is 122 Å². The topological polar surface area (TPSA) is 33.2 Å². The minimum atomic E-state index is 0.253. The lowest BCUT2D eigenvalue weighted by molar-refractivity contribution is -0.118. The summed E-state index contributed by atoms with van der Waals surface area (Å²) in [7, 11) is 0. The molecule has 0 atom stereocenters. The first-order chi connectivity index (χ1) is 9.74. The number of hydrogen-bond acceptors (Lipinski definition) is 2. The molecule has 2 aromatic rings. The monoisotopic (exact) mass is 284 g/mol. The molecule has 20 heavy (non-hydrogen) atoms. The van der Waals surface area contributed by atoms with Crippen LogP contribution >= 0.6 is 11.6 Å². The molecule has 2 aliphatic heterocycles. The molecule has 1 aromatic heterocycles. The van der Waals surface area contributed by atoms with Gasteiger partial charge in [-0.1, -0.05) is 11.6 Å².